The molecule has 0 N–H and O–H groups in total. The molecule has 2 rings (SSSR count). The van der Waals surface area contributed by atoms with Crippen molar-refractivity contribution in [3.05, 3.63) is 46.1 Å². The van der Waals surface area contributed by atoms with Gasteiger partial charge in [0, 0.05) is 24.0 Å². The van der Waals surface area contributed by atoms with Gasteiger partial charge in [0.1, 0.15) is 29.7 Å². The van der Waals surface area contributed by atoms with Crippen LogP contribution in [0.25, 0.3) is 6.08 Å². The van der Waals surface area contributed by atoms with Crippen molar-refractivity contribution in [3.63, 3.8) is 0 Å². The number of carbonyl (C=O) groups excluding carboxylic acids is 1. The van der Waals surface area contributed by atoms with Crippen LogP contribution in [0.4, 0.5) is 0 Å². The molecule has 138 valence electrons. The van der Waals surface area contributed by atoms with Crippen molar-refractivity contribution < 1.29 is 14.1 Å². The molecular formula is C20H25N3O3. The van der Waals surface area contributed by atoms with E-state index in [0.717, 1.165) is 29.9 Å². The van der Waals surface area contributed by atoms with Crippen LogP contribution in [0.3, 0.4) is 0 Å². The standard InChI is InChI=1S/C20H25N3O3/c1-13(2)6-7-23-14(3)8-17(16(23)5)10-18(11-21)20(24)25-12-19-9-15(4)26-22-19/h8-10,13H,6-7,12H2,1-5H3/b18-10+. The summed E-state index contributed by atoms with van der Waals surface area (Å²) in [7, 11) is 0. The van der Waals surface area contributed by atoms with Gasteiger partial charge in [0.2, 0.25) is 0 Å². The van der Waals surface area contributed by atoms with Gasteiger partial charge in [-0.15, -0.1) is 0 Å². The lowest BCUT2D eigenvalue weighted by molar-refractivity contribution is -0.139. The average molecular weight is 355 g/mol. The maximum Gasteiger partial charge on any atom is 0.349 e. The fraction of sp³-hybridized carbons (Fsp3) is 0.450. The number of aromatic nitrogens is 2. The first-order valence-electron chi connectivity index (χ1n) is 8.69. The maximum absolute atomic E-state index is 12.2. The van der Waals surface area contributed by atoms with E-state index in [0.29, 0.717) is 17.4 Å². The molecule has 6 nitrogen and oxygen atoms in total. The second-order valence-electron chi connectivity index (χ2n) is 6.84. The Balaban J connectivity index is 2.13. The van der Waals surface area contributed by atoms with Gasteiger partial charge in [-0.1, -0.05) is 19.0 Å². The molecule has 0 amide bonds. The Labute approximate surface area is 154 Å². The lowest BCUT2D eigenvalue weighted by Crippen LogP contribution is -2.07. The molecule has 0 saturated carbocycles. The zero-order chi connectivity index (χ0) is 19.3. The predicted molar refractivity (Wildman–Crippen MR) is 98.0 cm³/mol. The molecule has 2 heterocycles. The van der Waals surface area contributed by atoms with E-state index in [1.807, 2.05) is 26.0 Å². The first kappa shape index (κ1) is 19.5. The third-order valence-corrected chi connectivity index (χ3v) is 4.21. The predicted octanol–water partition coefficient (Wildman–Crippen LogP) is 4.10. The van der Waals surface area contributed by atoms with Crippen molar-refractivity contribution in [2.24, 2.45) is 5.92 Å². The van der Waals surface area contributed by atoms with Gasteiger partial charge in [-0.2, -0.15) is 5.26 Å². The number of nitriles is 1. The number of aryl methyl sites for hydroxylation is 2. The minimum Gasteiger partial charge on any atom is -0.455 e. The summed E-state index contributed by atoms with van der Waals surface area (Å²) in [5.41, 5.74) is 3.49. The second kappa shape index (κ2) is 8.52. The molecule has 2 aromatic rings. The molecule has 0 fully saturated rings. The van der Waals surface area contributed by atoms with Crippen molar-refractivity contribution in [3.8, 4) is 6.07 Å². The summed E-state index contributed by atoms with van der Waals surface area (Å²) in [6.07, 6.45) is 2.66. The number of nitrogens with zero attached hydrogens (tertiary/aromatic N) is 3. The van der Waals surface area contributed by atoms with E-state index < -0.39 is 5.97 Å². The highest BCUT2D eigenvalue weighted by molar-refractivity contribution is 5.98. The highest BCUT2D eigenvalue weighted by atomic mass is 16.5. The molecule has 0 saturated heterocycles. The molecule has 0 atom stereocenters. The number of rotatable bonds is 7. The van der Waals surface area contributed by atoms with Crippen LogP contribution < -0.4 is 0 Å². The van der Waals surface area contributed by atoms with Crippen LogP contribution in [0, 0.1) is 38.0 Å². The van der Waals surface area contributed by atoms with Gasteiger partial charge in [-0.05, 0) is 50.8 Å². The molecular weight excluding hydrogens is 330 g/mol. The van der Waals surface area contributed by atoms with Crippen LogP contribution >= 0.6 is 0 Å². The molecule has 26 heavy (non-hydrogen) atoms. The summed E-state index contributed by atoms with van der Waals surface area (Å²) in [6.45, 7) is 11.1. The van der Waals surface area contributed by atoms with Crippen LogP contribution in [0.5, 0.6) is 0 Å². The van der Waals surface area contributed by atoms with Crippen molar-refractivity contribution >= 4 is 12.0 Å². The number of hydrogen-bond acceptors (Lipinski definition) is 5. The largest absolute Gasteiger partial charge is 0.455 e. The van der Waals surface area contributed by atoms with Crippen molar-refractivity contribution in [1.82, 2.24) is 9.72 Å². The summed E-state index contributed by atoms with van der Waals surface area (Å²) in [5, 5.41) is 13.1. The summed E-state index contributed by atoms with van der Waals surface area (Å²) in [6, 6.07) is 5.60. The van der Waals surface area contributed by atoms with Crippen molar-refractivity contribution in [2.75, 3.05) is 0 Å². The average Bonchev–Trinajstić information content (AvgIpc) is 3.12. The van der Waals surface area contributed by atoms with Crippen LogP contribution in [0.2, 0.25) is 0 Å². The second-order valence-corrected chi connectivity index (χ2v) is 6.84. The van der Waals surface area contributed by atoms with E-state index in [1.165, 1.54) is 0 Å². The molecule has 2 aromatic heterocycles. The SMILES string of the molecule is Cc1cc(COC(=O)/C(C#N)=C/c2cc(C)n(CCC(C)C)c2C)no1. The van der Waals surface area contributed by atoms with E-state index >= 15 is 0 Å². The molecule has 0 aromatic carbocycles. The first-order valence-corrected chi connectivity index (χ1v) is 8.69. The quantitative estimate of drug-likeness (QED) is 0.424. The summed E-state index contributed by atoms with van der Waals surface area (Å²) in [5.74, 6) is 0.584. The summed E-state index contributed by atoms with van der Waals surface area (Å²) >= 11 is 0. The number of esters is 1. The van der Waals surface area contributed by atoms with E-state index in [9.17, 15) is 10.1 Å². The number of ether oxygens (including phenoxy) is 1. The third kappa shape index (κ3) is 4.85. The molecule has 0 aliphatic rings. The zero-order valence-corrected chi connectivity index (χ0v) is 16.0. The maximum atomic E-state index is 12.2. The lowest BCUT2D eigenvalue weighted by atomic mass is 10.1. The Morgan fingerprint density at radius 2 is 2.12 bits per heavy atom. The van der Waals surface area contributed by atoms with Crippen LogP contribution in [-0.2, 0) is 22.7 Å². The lowest BCUT2D eigenvalue weighted by Gasteiger charge is -2.11. The molecule has 0 spiro atoms. The van der Waals surface area contributed by atoms with Crippen molar-refractivity contribution in [2.45, 2.75) is 54.2 Å². The van der Waals surface area contributed by atoms with Gasteiger partial charge >= 0.3 is 5.97 Å². The highest BCUT2D eigenvalue weighted by Crippen LogP contribution is 2.20. The molecule has 0 radical (unpaired) electrons. The molecule has 0 aliphatic carbocycles. The highest BCUT2D eigenvalue weighted by Gasteiger charge is 2.15. The molecule has 0 unspecified atom stereocenters. The van der Waals surface area contributed by atoms with E-state index in [2.05, 4.69) is 23.6 Å². The minimum absolute atomic E-state index is 0.0252. The molecule has 0 bridgehead atoms. The smallest absolute Gasteiger partial charge is 0.349 e. The zero-order valence-electron chi connectivity index (χ0n) is 16.0. The van der Waals surface area contributed by atoms with Gasteiger partial charge in [0.25, 0.3) is 0 Å². The topological polar surface area (TPSA) is 81.0 Å². The van der Waals surface area contributed by atoms with E-state index in [1.54, 1.807) is 19.1 Å². The Hall–Kier alpha value is -2.81. The van der Waals surface area contributed by atoms with Crippen molar-refractivity contribution in [1.29, 1.82) is 5.26 Å². The summed E-state index contributed by atoms with van der Waals surface area (Å²) in [4.78, 5) is 12.2. The normalized spacial score (nSPS) is 11.7. The fourth-order valence-corrected chi connectivity index (χ4v) is 2.70. The fourth-order valence-electron chi connectivity index (χ4n) is 2.70. The number of carbonyl (C=O) groups is 1. The van der Waals surface area contributed by atoms with Crippen LogP contribution in [0.1, 0.15) is 48.7 Å². The first-order chi connectivity index (χ1) is 12.3. The van der Waals surface area contributed by atoms with Gasteiger partial charge in [-0.25, -0.2) is 4.79 Å². The Bertz CT molecular complexity index is 850. The van der Waals surface area contributed by atoms with Gasteiger partial charge in [0.05, 0.1) is 0 Å². The molecule has 6 heteroatoms. The van der Waals surface area contributed by atoms with Crippen LogP contribution in [0.15, 0.2) is 22.2 Å². The Kier molecular flexibility index (Phi) is 6.40. The monoisotopic (exact) mass is 355 g/mol. The number of hydrogen-bond donors (Lipinski definition) is 0. The Morgan fingerprint density at radius 1 is 1.38 bits per heavy atom. The molecule has 0 aliphatic heterocycles. The van der Waals surface area contributed by atoms with Gasteiger partial charge in [0.15, 0.2) is 0 Å². The summed E-state index contributed by atoms with van der Waals surface area (Å²) < 4.78 is 12.3. The van der Waals surface area contributed by atoms with E-state index in [-0.39, 0.29) is 12.2 Å². The Morgan fingerprint density at radius 3 is 2.69 bits per heavy atom. The van der Waals surface area contributed by atoms with E-state index in [4.69, 9.17) is 9.26 Å². The van der Waals surface area contributed by atoms with Crippen LogP contribution in [-0.4, -0.2) is 15.7 Å². The van der Waals surface area contributed by atoms with Gasteiger partial charge in [-0.3, -0.25) is 0 Å². The third-order valence-electron chi connectivity index (χ3n) is 4.21. The van der Waals surface area contributed by atoms with Gasteiger partial charge < -0.3 is 13.8 Å². The minimum atomic E-state index is -0.667.